The van der Waals surface area contributed by atoms with Crippen molar-refractivity contribution in [3.05, 3.63) is 35.9 Å². The normalized spacial score (nSPS) is 8.46. The summed E-state index contributed by atoms with van der Waals surface area (Å²) in [7, 11) is 0. The van der Waals surface area contributed by atoms with E-state index in [1.807, 2.05) is 6.26 Å². The molecule has 0 heterocycles. The van der Waals surface area contributed by atoms with Crippen LogP contribution in [0.5, 0.6) is 0 Å². The monoisotopic (exact) mass is 200 g/mol. The van der Waals surface area contributed by atoms with Gasteiger partial charge in [-0.05, 0) is 18.4 Å². The molecule has 0 aliphatic rings. The van der Waals surface area contributed by atoms with Gasteiger partial charge in [0.05, 0.1) is 11.5 Å². The van der Waals surface area contributed by atoms with E-state index in [9.17, 15) is 4.79 Å². The zero-order valence-corrected chi connectivity index (χ0v) is 8.12. The molecule has 4 heteroatoms. The van der Waals surface area contributed by atoms with Gasteiger partial charge in [-0.25, -0.2) is 4.79 Å². The SMILES string of the molecule is CSCO.O=C(O)c1ccccc1. The minimum atomic E-state index is -0.879. The van der Waals surface area contributed by atoms with E-state index in [2.05, 4.69) is 0 Å². The number of hydrogen-bond acceptors (Lipinski definition) is 3. The van der Waals surface area contributed by atoms with Gasteiger partial charge >= 0.3 is 5.97 Å². The first-order valence-corrected chi connectivity index (χ1v) is 5.00. The van der Waals surface area contributed by atoms with Crippen molar-refractivity contribution in [1.29, 1.82) is 0 Å². The van der Waals surface area contributed by atoms with Crippen molar-refractivity contribution in [2.75, 3.05) is 12.2 Å². The molecule has 1 aromatic carbocycles. The van der Waals surface area contributed by atoms with Gasteiger partial charge in [-0.1, -0.05) is 18.2 Å². The molecule has 0 aromatic heterocycles. The van der Waals surface area contributed by atoms with Gasteiger partial charge in [0.1, 0.15) is 0 Å². The number of thioether (sulfide) groups is 1. The molecule has 1 aromatic rings. The van der Waals surface area contributed by atoms with E-state index in [4.69, 9.17) is 10.2 Å². The third-order valence-corrected chi connectivity index (χ3v) is 1.41. The number of aliphatic hydroxyl groups is 1. The maximum Gasteiger partial charge on any atom is 0.335 e. The third kappa shape index (κ3) is 6.19. The van der Waals surface area contributed by atoms with Crippen LogP contribution in [-0.2, 0) is 0 Å². The molecule has 1 rings (SSSR count). The second kappa shape index (κ2) is 7.64. The Morgan fingerprint density at radius 2 is 1.85 bits per heavy atom. The Bertz CT molecular complexity index is 234. The summed E-state index contributed by atoms with van der Waals surface area (Å²) in [5.41, 5.74) is 0.331. The molecule has 0 aliphatic heterocycles. The van der Waals surface area contributed by atoms with Crippen molar-refractivity contribution >= 4 is 17.7 Å². The van der Waals surface area contributed by atoms with Crippen LogP contribution >= 0.6 is 11.8 Å². The van der Waals surface area contributed by atoms with Crippen molar-refractivity contribution < 1.29 is 15.0 Å². The topological polar surface area (TPSA) is 57.5 Å². The molecule has 0 fully saturated rings. The van der Waals surface area contributed by atoms with Gasteiger partial charge in [-0.3, -0.25) is 0 Å². The van der Waals surface area contributed by atoms with Crippen LogP contribution in [0.1, 0.15) is 10.4 Å². The smallest absolute Gasteiger partial charge is 0.335 e. The maximum atomic E-state index is 10.2. The minimum absolute atomic E-state index is 0.236. The average Bonchev–Trinajstić information content (AvgIpc) is 2.19. The second-order valence-corrected chi connectivity index (χ2v) is 2.92. The summed E-state index contributed by atoms with van der Waals surface area (Å²) in [6.07, 6.45) is 1.85. The first kappa shape index (κ1) is 12.0. The Hall–Kier alpha value is -1.00. The van der Waals surface area contributed by atoms with Crippen molar-refractivity contribution in [1.82, 2.24) is 0 Å². The van der Waals surface area contributed by atoms with Crippen molar-refractivity contribution in [3.63, 3.8) is 0 Å². The summed E-state index contributed by atoms with van der Waals surface area (Å²) in [4.78, 5) is 10.2. The first-order valence-electron chi connectivity index (χ1n) is 3.60. The lowest BCUT2D eigenvalue weighted by molar-refractivity contribution is 0.0697. The summed E-state index contributed by atoms with van der Waals surface area (Å²) in [5.74, 6) is -0.643. The molecule has 0 aliphatic carbocycles. The van der Waals surface area contributed by atoms with Crippen LogP contribution in [-0.4, -0.2) is 28.4 Å². The van der Waals surface area contributed by atoms with Crippen molar-refractivity contribution in [2.24, 2.45) is 0 Å². The zero-order chi connectivity index (χ0) is 10.1. The van der Waals surface area contributed by atoms with Crippen LogP contribution < -0.4 is 0 Å². The molecule has 0 amide bonds. The number of carbonyl (C=O) groups is 1. The molecule has 0 saturated carbocycles. The number of aromatic carboxylic acids is 1. The van der Waals surface area contributed by atoms with Crippen molar-refractivity contribution in [2.45, 2.75) is 0 Å². The lowest BCUT2D eigenvalue weighted by atomic mass is 10.2. The number of carboxylic acid groups (broad SMARTS) is 1. The van der Waals surface area contributed by atoms with Crippen LogP contribution in [0.15, 0.2) is 30.3 Å². The number of benzene rings is 1. The second-order valence-electron chi connectivity index (χ2n) is 2.09. The van der Waals surface area contributed by atoms with Crippen LogP contribution in [0.2, 0.25) is 0 Å². The zero-order valence-electron chi connectivity index (χ0n) is 7.30. The molecular formula is C9H12O3S. The summed E-state index contributed by atoms with van der Waals surface area (Å²) in [6.45, 7) is 0. The molecule has 13 heavy (non-hydrogen) atoms. The number of carboxylic acids is 1. The van der Waals surface area contributed by atoms with E-state index >= 15 is 0 Å². The van der Waals surface area contributed by atoms with E-state index in [-0.39, 0.29) is 5.94 Å². The van der Waals surface area contributed by atoms with Gasteiger partial charge in [0.2, 0.25) is 0 Å². The first-order chi connectivity index (χ1) is 6.22. The Morgan fingerprint density at radius 3 is 2.08 bits per heavy atom. The summed E-state index contributed by atoms with van der Waals surface area (Å²) in [5, 5.41) is 16.2. The minimum Gasteiger partial charge on any atom is -0.478 e. The highest BCUT2D eigenvalue weighted by Gasteiger charge is 1.96. The predicted octanol–water partition coefficient (Wildman–Crippen LogP) is 1.68. The quantitative estimate of drug-likeness (QED) is 0.713. The third-order valence-electron chi connectivity index (χ3n) is 1.15. The largest absolute Gasteiger partial charge is 0.478 e. The van der Waals surface area contributed by atoms with Gasteiger partial charge < -0.3 is 10.2 Å². The standard InChI is InChI=1S/C7H6O2.C2H6OS/c8-7(9)6-4-2-1-3-5-6;1-4-2-3/h1-5H,(H,8,9);3H,2H2,1H3. The fourth-order valence-corrected chi connectivity index (χ4v) is 0.581. The summed E-state index contributed by atoms with van der Waals surface area (Å²) >= 11 is 1.41. The van der Waals surface area contributed by atoms with Crippen LogP contribution in [0, 0.1) is 0 Å². The Morgan fingerprint density at radius 1 is 1.38 bits per heavy atom. The fraction of sp³-hybridized carbons (Fsp3) is 0.222. The average molecular weight is 200 g/mol. The molecular weight excluding hydrogens is 188 g/mol. The predicted molar refractivity (Wildman–Crippen MR) is 54.0 cm³/mol. The maximum absolute atomic E-state index is 10.2. The number of hydrogen-bond donors (Lipinski definition) is 2. The summed E-state index contributed by atoms with van der Waals surface area (Å²) in [6, 6.07) is 8.30. The molecule has 0 spiro atoms. The molecule has 0 radical (unpaired) electrons. The lowest BCUT2D eigenvalue weighted by Crippen LogP contribution is -1.93. The van der Waals surface area contributed by atoms with E-state index in [1.54, 1.807) is 30.3 Å². The molecule has 0 atom stereocenters. The highest BCUT2D eigenvalue weighted by atomic mass is 32.2. The van der Waals surface area contributed by atoms with Gasteiger partial charge in [0.25, 0.3) is 0 Å². The number of aliphatic hydroxyl groups excluding tert-OH is 1. The lowest BCUT2D eigenvalue weighted by Gasteiger charge is -1.88. The number of rotatable bonds is 2. The molecule has 0 bridgehead atoms. The Balaban J connectivity index is 0.000000310. The van der Waals surface area contributed by atoms with Gasteiger partial charge in [-0.2, -0.15) is 0 Å². The van der Waals surface area contributed by atoms with E-state index < -0.39 is 5.97 Å². The Labute approximate surface area is 81.4 Å². The van der Waals surface area contributed by atoms with E-state index in [0.29, 0.717) is 5.56 Å². The van der Waals surface area contributed by atoms with Gasteiger partial charge in [0.15, 0.2) is 0 Å². The van der Waals surface area contributed by atoms with E-state index in [0.717, 1.165) is 0 Å². The van der Waals surface area contributed by atoms with E-state index in [1.165, 1.54) is 11.8 Å². The molecule has 0 unspecified atom stereocenters. The van der Waals surface area contributed by atoms with Crippen molar-refractivity contribution in [3.8, 4) is 0 Å². The van der Waals surface area contributed by atoms with Gasteiger partial charge in [-0.15, -0.1) is 11.8 Å². The highest BCUT2D eigenvalue weighted by molar-refractivity contribution is 7.98. The highest BCUT2D eigenvalue weighted by Crippen LogP contribution is 1.96. The molecule has 3 nitrogen and oxygen atoms in total. The molecule has 72 valence electrons. The molecule has 2 N–H and O–H groups in total. The van der Waals surface area contributed by atoms with Crippen LogP contribution in [0.3, 0.4) is 0 Å². The van der Waals surface area contributed by atoms with Crippen LogP contribution in [0.4, 0.5) is 0 Å². The molecule has 0 saturated heterocycles. The van der Waals surface area contributed by atoms with Gasteiger partial charge in [0, 0.05) is 0 Å². The fourth-order valence-electron chi connectivity index (χ4n) is 0.581. The summed E-state index contributed by atoms with van der Waals surface area (Å²) < 4.78 is 0. The van der Waals surface area contributed by atoms with Crippen LogP contribution in [0.25, 0.3) is 0 Å². The Kier molecular flexibility index (Phi) is 7.05.